The van der Waals surface area contributed by atoms with Crippen LogP contribution in [0.4, 0.5) is 14.5 Å². The number of β-amino-alcohol motifs (C(OH)–C–C–N with tert-alkyl or cyclic N) is 2. The SMILES string of the molecule is O=C(C=Cc1cc(F)cc(F)c1)N1CC[C@](O)([C@@H](O)CN2CCC3(CC2)CNc2cc(Cl)ccc23)[C@H](O)C1. The van der Waals surface area contributed by atoms with Gasteiger partial charge >= 0.3 is 0 Å². The molecule has 3 heterocycles. The van der Waals surface area contributed by atoms with Gasteiger partial charge in [0.1, 0.15) is 23.3 Å². The number of carbonyl (C=O) groups is 1. The lowest BCUT2D eigenvalue weighted by Crippen LogP contribution is -2.64. The number of nitrogens with one attached hydrogen (secondary N) is 1. The summed E-state index contributed by atoms with van der Waals surface area (Å²) in [4.78, 5) is 16.0. The summed E-state index contributed by atoms with van der Waals surface area (Å²) in [6, 6.07) is 8.90. The van der Waals surface area contributed by atoms with E-state index in [1.54, 1.807) is 0 Å². The first-order valence-electron chi connectivity index (χ1n) is 12.9. The molecule has 1 spiro atoms. The van der Waals surface area contributed by atoms with Gasteiger partial charge in [0.2, 0.25) is 5.91 Å². The van der Waals surface area contributed by atoms with Gasteiger partial charge < -0.3 is 30.4 Å². The second-order valence-electron chi connectivity index (χ2n) is 10.7. The third-order valence-corrected chi connectivity index (χ3v) is 8.59. The molecule has 0 radical (unpaired) electrons. The maximum atomic E-state index is 13.4. The molecule has 7 nitrogen and oxygen atoms in total. The predicted molar refractivity (Wildman–Crippen MR) is 141 cm³/mol. The first-order valence-corrected chi connectivity index (χ1v) is 13.2. The lowest BCUT2D eigenvalue weighted by molar-refractivity contribution is -0.183. The Balaban J connectivity index is 1.15. The van der Waals surface area contributed by atoms with Crippen LogP contribution in [0.3, 0.4) is 0 Å². The lowest BCUT2D eigenvalue weighted by atomic mass is 9.74. The van der Waals surface area contributed by atoms with Crippen LogP contribution >= 0.6 is 11.6 Å². The topological polar surface area (TPSA) is 96.3 Å². The molecule has 1 amide bonds. The molecule has 2 fully saturated rings. The smallest absolute Gasteiger partial charge is 0.246 e. The minimum Gasteiger partial charge on any atom is -0.389 e. The van der Waals surface area contributed by atoms with Gasteiger partial charge in [-0.3, -0.25) is 4.79 Å². The molecule has 0 aromatic heterocycles. The monoisotopic (exact) mass is 547 g/mol. The average Bonchev–Trinajstić information content (AvgIpc) is 3.22. The van der Waals surface area contributed by atoms with Gasteiger partial charge in [0.05, 0.1) is 6.10 Å². The largest absolute Gasteiger partial charge is 0.389 e. The fourth-order valence-corrected chi connectivity index (χ4v) is 6.14. The van der Waals surface area contributed by atoms with E-state index in [0.717, 1.165) is 56.4 Å². The van der Waals surface area contributed by atoms with Crippen molar-refractivity contribution in [2.24, 2.45) is 0 Å². The molecule has 5 rings (SSSR count). The fraction of sp³-hybridized carbons (Fsp3) is 0.464. The zero-order chi connectivity index (χ0) is 27.1. The van der Waals surface area contributed by atoms with Crippen molar-refractivity contribution >= 4 is 29.3 Å². The first kappa shape index (κ1) is 27.0. The second kappa shape index (κ2) is 10.5. The van der Waals surface area contributed by atoms with E-state index in [9.17, 15) is 28.9 Å². The molecule has 0 unspecified atom stereocenters. The number of amides is 1. The van der Waals surface area contributed by atoms with Gasteiger partial charge in [-0.15, -0.1) is 0 Å². The lowest BCUT2D eigenvalue weighted by Gasteiger charge is -2.46. The quantitative estimate of drug-likeness (QED) is 0.430. The van der Waals surface area contributed by atoms with Crippen LogP contribution < -0.4 is 5.32 Å². The standard InChI is InChI=1S/C28H32ClF2N3O4/c29-19-2-3-22-23(13-19)32-17-27(22)5-8-33(9-6-27)15-24(35)28(38)7-10-34(16-25(28)36)26(37)4-1-18-11-20(30)14-21(31)12-18/h1-4,11-14,24-25,32,35-36,38H,5-10,15-17H2/t24-,25+,28-/m0/s1. The number of halogens is 3. The third-order valence-electron chi connectivity index (χ3n) is 8.36. The van der Waals surface area contributed by atoms with E-state index < -0.39 is 35.4 Å². The van der Waals surface area contributed by atoms with E-state index in [-0.39, 0.29) is 37.0 Å². The molecular formula is C28H32ClF2N3O4. The number of nitrogens with zero attached hydrogens (tertiary/aromatic N) is 2. The molecule has 38 heavy (non-hydrogen) atoms. The summed E-state index contributed by atoms with van der Waals surface area (Å²) in [5.41, 5.74) is 0.810. The minimum atomic E-state index is -1.75. The van der Waals surface area contributed by atoms with Crippen molar-refractivity contribution in [3.8, 4) is 0 Å². The van der Waals surface area contributed by atoms with Crippen molar-refractivity contribution in [1.82, 2.24) is 9.80 Å². The first-order chi connectivity index (χ1) is 18.1. The Morgan fingerprint density at radius 1 is 1.13 bits per heavy atom. The van der Waals surface area contributed by atoms with Crippen LogP contribution in [0.5, 0.6) is 0 Å². The summed E-state index contributed by atoms with van der Waals surface area (Å²) >= 11 is 6.14. The molecular weight excluding hydrogens is 516 g/mol. The summed E-state index contributed by atoms with van der Waals surface area (Å²) in [7, 11) is 0. The maximum Gasteiger partial charge on any atom is 0.246 e. The van der Waals surface area contributed by atoms with Crippen LogP contribution in [0, 0.1) is 11.6 Å². The summed E-state index contributed by atoms with van der Waals surface area (Å²) in [5.74, 6) is -1.95. The number of rotatable bonds is 5. The average molecular weight is 548 g/mol. The molecule has 3 aliphatic heterocycles. The highest BCUT2D eigenvalue weighted by molar-refractivity contribution is 6.30. The second-order valence-corrected chi connectivity index (χ2v) is 11.2. The molecule has 0 saturated carbocycles. The van der Waals surface area contributed by atoms with Crippen molar-refractivity contribution in [3.63, 3.8) is 0 Å². The highest BCUT2D eigenvalue weighted by Crippen LogP contribution is 2.45. The van der Waals surface area contributed by atoms with Crippen LogP contribution in [-0.2, 0) is 10.2 Å². The molecule has 2 saturated heterocycles. The molecule has 2 aromatic rings. The van der Waals surface area contributed by atoms with Gasteiger partial charge in [-0.05, 0) is 73.8 Å². The molecule has 204 valence electrons. The minimum absolute atomic E-state index is 0.000656. The molecule has 2 aromatic carbocycles. The van der Waals surface area contributed by atoms with Crippen LogP contribution in [-0.4, -0.2) is 88.1 Å². The summed E-state index contributed by atoms with van der Waals surface area (Å²) < 4.78 is 26.7. The van der Waals surface area contributed by atoms with Gasteiger partial charge in [-0.2, -0.15) is 0 Å². The normalized spacial score (nSPS) is 25.9. The molecule has 3 aliphatic rings. The Hall–Kier alpha value is -2.56. The fourth-order valence-electron chi connectivity index (χ4n) is 5.97. The summed E-state index contributed by atoms with van der Waals surface area (Å²) in [5, 5.41) is 37.0. The number of hydrogen-bond donors (Lipinski definition) is 4. The van der Waals surface area contributed by atoms with Gasteiger partial charge in [0, 0.05) is 54.4 Å². The van der Waals surface area contributed by atoms with E-state index >= 15 is 0 Å². The van der Waals surface area contributed by atoms with Crippen LogP contribution in [0.2, 0.25) is 5.02 Å². The highest BCUT2D eigenvalue weighted by atomic mass is 35.5. The van der Waals surface area contributed by atoms with Gasteiger partial charge in [0.25, 0.3) is 0 Å². The molecule has 10 heteroatoms. The summed E-state index contributed by atoms with van der Waals surface area (Å²) in [6.07, 6.45) is 1.73. The van der Waals surface area contributed by atoms with Gasteiger partial charge in [0.15, 0.2) is 0 Å². The zero-order valence-electron chi connectivity index (χ0n) is 20.9. The Morgan fingerprint density at radius 3 is 2.53 bits per heavy atom. The number of hydrogen-bond acceptors (Lipinski definition) is 6. The molecule has 0 bridgehead atoms. The van der Waals surface area contributed by atoms with Crippen molar-refractivity contribution in [2.45, 2.75) is 42.5 Å². The number of likely N-dealkylation sites (tertiary alicyclic amines) is 2. The summed E-state index contributed by atoms with van der Waals surface area (Å²) in [6.45, 7) is 2.49. The Bertz CT molecular complexity index is 1220. The van der Waals surface area contributed by atoms with E-state index in [4.69, 9.17) is 11.6 Å². The molecule has 0 aliphatic carbocycles. The predicted octanol–water partition coefficient (Wildman–Crippen LogP) is 2.78. The van der Waals surface area contributed by atoms with E-state index in [2.05, 4.69) is 16.3 Å². The Labute approximate surface area is 225 Å². The van der Waals surface area contributed by atoms with Crippen molar-refractivity contribution in [2.75, 3.05) is 44.6 Å². The van der Waals surface area contributed by atoms with E-state index in [0.29, 0.717) is 5.02 Å². The number of piperidine rings is 2. The van der Waals surface area contributed by atoms with Crippen molar-refractivity contribution in [3.05, 3.63) is 70.3 Å². The Morgan fingerprint density at radius 2 is 1.84 bits per heavy atom. The van der Waals surface area contributed by atoms with E-state index in [1.165, 1.54) is 22.6 Å². The third kappa shape index (κ3) is 5.31. The highest BCUT2D eigenvalue weighted by Gasteiger charge is 2.48. The van der Waals surface area contributed by atoms with Gasteiger partial charge in [-0.25, -0.2) is 8.78 Å². The number of benzene rings is 2. The van der Waals surface area contributed by atoms with Crippen LogP contribution in [0.25, 0.3) is 6.08 Å². The maximum absolute atomic E-state index is 13.4. The zero-order valence-corrected chi connectivity index (χ0v) is 21.7. The van der Waals surface area contributed by atoms with Crippen molar-refractivity contribution in [1.29, 1.82) is 0 Å². The van der Waals surface area contributed by atoms with Crippen LogP contribution in [0.15, 0.2) is 42.5 Å². The number of carbonyl (C=O) groups excluding carboxylic acids is 1. The number of anilines is 1. The number of aliphatic hydroxyl groups excluding tert-OH is 2. The van der Waals surface area contributed by atoms with Crippen molar-refractivity contribution < 1.29 is 28.9 Å². The van der Waals surface area contributed by atoms with Gasteiger partial charge in [-0.1, -0.05) is 17.7 Å². The number of fused-ring (bicyclic) bond motifs is 2. The van der Waals surface area contributed by atoms with E-state index in [1.807, 2.05) is 12.1 Å². The molecule has 3 atom stereocenters. The molecule has 4 N–H and O–H groups in total. The Kier molecular flexibility index (Phi) is 7.50. The van der Waals surface area contributed by atoms with Crippen LogP contribution in [0.1, 0.15) is 30.4 Å². The number of aliphatic hydroxyl groups is 3.